The summed E-state index contributed by atoms with van der Waals surface area (Å²) in [7, 11) is 0. The molecule has 0 aliphatic carbocycles. The Morgan fingerprint density at radius 2 is 1.74 bits per heavy atom. The van der Waals surface area contributed by atoms with Gasteiger partial charge in [-0.3, -0.25) is 4.79 Å². The number of benzene rings is 2. The molecule has 2 rings (SSSR count). The van der Waals surface area contributed by atoms with E-state index in [9.17, 15) is 9.90 Å². The lowest BCUT2D eigenvalue weighted by atomic mass is 9.76. The largest absolute Gasteiger partial charge is 0.460 e. The molecule has 0 aromatic heterocycles. The van der Waals surface area contributed by atoms with Crippen molar-refractivity contribution in [2.45, 2.75) is 52.1 Å². The van der Waals surface area contributed by atoms with E-state index in [-0.39, 0.29) is 24.6 Å². The lowest BCUT2D eigenvalue weighted by molar-refractivity contribution is -0.151. The molecule has 0 bridgehead atoms. The van der Waals surface area contributed by atoms with Crippen LogP contribution in [0.5, 0.6) is 0 Å². The number of esters is 1. The van der Waals surface area contributed by atoms with Gasteiger partial charge in [0.15, 0.2) is 0 Å². The van der Waals surface area contributed by atoms with Gasteiger partial charge < -0.3 is 9.84 Å². The second kappa shape index (κ2) is 9.52. The van der Waals surface area contributed by atoms with Crippen molar-refractivity contribution in [2.24, 2.45) is 5.41 Å². The number of aliphatic hydroxyl groups is 1. The normalized spacial score (nSPS) is 13.8. The molecule has 4 heteroatoms. The molecule has 0 radical (unpaired) electrons. The fraction of sp³-hybridized carbons (Fsp3) is 0.435. The summed E-state index contributed by atoms with van der Waals surface area (Å²) in [6.07, 6.45) is 2.34. The van der Waals surface area contributed by atoms with Gasteiger partial charge in [0.1, 0.15) is 6.61 Å². The second-order valence-corrected chi connectivity index (χ2v) is 9.00. The molecule has 0 fully saturated rings. The molecule has 0 saturated carbocycles. The maximum absolute atomic E-state index is 13.1. The van der Waals surface area contributed by atoms with Crippen LogP contribution in [0, 0.1) is 5.41 Å². The van der Waals surface area contributed by atoms with Gasteiger partial charge in [0, 0.05) is 11.1 Å². The molecule has 2 aromatic carbocycles. The van der Waals surface area contributed by atoms with Gasteiger partial charge in [0.2, 0.25) is 0 Å². The average molecular weight is 433 g/mol. The van der Waals surface area contributed by atoms with Crippen molar-refractivity contribution < 1.29 is 14.6 Å². The van der Waals surface area contributed by atoms with Crippen molar-refractivity contribution in [3.63, 3.8) is 0 Å². The molecule has 2 aromatic rings. The van der Waals surface area contributed by atoms with Crippen molar-refractivity contribution in [3.05, 3.63) is 70.2 Å². The quantitative estimate of drug-likeness (QED) is 0.521. The highest BCUT2D eigenvalue weighted by molar-refractivity contribution is 9.10. The van der Waals surface area contributed by atoms with E-state index in [0.29, 0.717) is 6.42 Å². The Kier molecular flexibility index (Phi) is 7.63. The second-order valence-electron chi connectivity index (χ2n) is 8.08. The topological polar surface area (TPSA) is 46.5 Å². The van der Waals surface area contributed by atoms with Crippen molar-refractivity contribution in [1.82, 2.24) is 0 Å². The van der Waals surface area contributed by atoms with Crippen molar-refractivity contribution in [2.75, 3.05) is 6.61 Å². The number of hydrogen-bond acceptors (Lipinski definition) is 3. The van der Waals surface area contributed by atoms with E-state index in [2.05, 4.69) is 15.9 Å². The summed E-state index contributed by atoms with van der Waals surface area (Å²) in [6.45, 7) is 6.44. The Bertz CT molecular complexity index is 742. The van der Waals surface area contributed by atoms with Crippen LogP contribution in [0.4, 0.5) is 0 Å². The molecule has 0 amide bonds. The zero-order valence-corrected chi connectivity index (χ0v) is 18.0. The number of rotatable bonds is 9. The van der Waals surface area contributed by atoms with Crippen LogP contribution < -0.4 is 0 Å². The first-order chi connectivity index (χ1) is 12.8. The first kappa shape index (κ1) is 21.6. The fourth-order valence-electron chi connectivity index (χ4n) is 3.08. The Labute approximate surface area is 170 Å². The SMILES string of the molecule is CC(C)(CO)CCCC(C)(C(=O)OCc1ccccc1)c1cccc(Br)c1. The molecule has 0 spiro atoms. The molecule has 27 heavy (non-hydrogen) atoms. The van der Waals surface area contributed by atoms with E-state index >= 15 is 0 Å². The van der Waals surface area contributed by atoms with Crippen LogP contribution in [-0.4, -0.2) is 17.7 Å². The third kappa shape index (κ3) is 6.18. The first-order valence-corrected chi connectivity index (χ1v) is 10.1. The van der Waals surface area contributed by atoms with Gasteiger partial charge in [-0.25, -0.2) is 0 Å². The van der Waals surface area contributed by atoms with E-state index in [1.807, 2.05) is 75.4 Å². The van der Waals surface area contributed by atoms with Gasteiger partial charge in [0.05, 0.1) is 5.41 Å². The minimum Gasteiger partial charge on any atom is -0.460 e. The van der Waals surface area contributed by atoms with Crippen molar-refractivity contribution >= 4 is 21.9 Å². The van der Waals surface area contributed by atoms with Crippen LogP contribution in [0.25, 0.3) is 0 Å². The molecule has 3 nitrogen and oxygen atoms in total. The minimum absolute atomic E-state index is 0.138. The predicted molar refractivity (Wildman–Crippen MR) is 112 cm³/mol. The summed E-state index contributed by atoms with van der Waals surface area (Å²) in [5.41, 5.74) is 1.04. The third-order valence-corrected chi connectivity index (χ3v) is 5.58. The monoisotopic (exact) mass is 432 g/mol. The lowest BCUT2D eigenvalue weighted by Gasteiger charge is -2.30. The fourth-order valence-corrected chi connectivity index (χ4v) is 3.48. The molecular formula is C23H29BrO3. The van der Waals surface area contributed by atoms with Crippen LogP contribution in [0.1, 0.15) is 51.2 Å². The van der Waals surface area contributed by atoms with Crippen LogP contribution in [-0.2, 0) is 21.6 Å². The molecule has 0 heterocycles. The molecular weight excluding hydrogens is 404 g/mol. The smallest absolute Gasteiger partial charge is 0.316 e. The summed E-state index contributed by atoms with van der Waals surface area (Å²) in [6, 6.07) is 17.6. The maximum atomic E-state index is 13.1. The number of aliphatic hydroxyl groups excluding tert-OH is 1. The van der Waals surface area contributed by atoms with Crippen LogP contribution in [0.2, 0.25) is 0 Å². The highest BCUT2D eigenvalue weighted by atomic mass is 79.9. The van der Waals surface area contributed by atoms with Crippen LogP contribution in [0.15, 0.2) is 59.1 Å². The summed E-state index contributed by atoms with van der Waals surface area (Å²) >= 11 is 3.51. The van der Waals surface area contributed by atoms with E-state index in [4.69, 9.17) is 4.74 Å². The molecule has 0 saturated heterocycles. The Morgan fingerprint density at radius 1 is 1.04 bits per heavy atom. The number of carbonyl (C=O) groups excluding carboxylic acids is 1. The van der Waals surface area contributed by atoms with Gasteiger partial charge in [-0.1, -0.05) is 78.7 Å². The molecule has 1 atom stereocenters. The predicted octanol–water partition coefficient (Wildman–Crippen LogP) is 5.64. The van der Waals surface area contributed by atoms with Gasteiger partial charge in [-0.05, 0) is 48.4 Å². The Hall–Kier alpha value is -1.65. The minimum atomic E-state index is -0.732. The Balaban J connectivity index is 2.16. The summed E-state index contributed by atoms with van der Waals surface area (Å²) in [4.78, 5) is 13.1. The molecule has 0 aliphatic rings. The lowest BCUT2D eigenvalue weighted by Crippen LogP contribution is -2.35. The van der Waals surface area contributed by atoms with Crippen molar-refractivity contribution in [1.29, 1.82) is 0 Å². The zero-order chi connectivity index (χ0) is 19.9. The third-order valence-electron chi connectivity index (χ3n) is 5.08. The summed E-state index contributed by atoms with van der Waals surface area (Å²) in [5.74, 6) is -0.216. The van der Waals surface area contributed by atoms with E-state index in [0.717, 1.165) is 28.4 Å². The molecule has 146 valence electrons. The number of halogens is 1. The first-order valence-electron chi connectivity index (χ1n) is 9.35. The standard InChI is InChI=1S/C23H29BrO3/c1-22(2,17-25)13-8-14-23(3,19-11-7-12-20(24)15-19)21(26)27-16-18-9-5-4-6-10-18/h4-7,9-12,15,25H,8,13-14,16-17H2,1-3H3. The Morgan fingerprint density at radius 3 is 2.37 bits per heavy atom. The molecule has 1 unspecified atom stereocenters. The zero-order valence-electron chi connectivity index (χ0n) is 16.4. The summed E-state index contributed by atoms with van der Waals surface area (Å²) < 4.78 is 6.64. The number of carbonyl (C=O) groups is 1. The van der Waals surface area contributed by atoms with Gasteiger partial charge in [-0.2, -0.15) is 0 Å². The van der Waals surface area contributed by atoms with Crippen LogP contribution in [0.3, 0.4) is 0 Å². The van der Waals surface area contributed by atoms with Crippen LogP contribution >= 0.6 is 15.9 Å². The highest BCUT2D eigenvalue weighted by Gasteiger charge is 2.37. The number of hydrogen-bond donors (Lipinski definition) is 1. The van der Waals surface area contributed by atoms with E-state index < -0.39 is 5.41 Å². The van der Waals surface area contributed by atoms with Gasteiger partial charge in [-0.15, -0.1) is 0 Å². The average Bonchev–Trinajstić information content (AvgIpc) is 2.66. The van der Waals surface area contributed by atoms with E-state index in [1.165, 1.54) is 0 Å². The van der Waals surface area contributed by atoms with Gasteiger partial charge >= 0.3 is 5.97 Å². The maximum Gasteiger partial charge on any atom is 0.316 e. The van der Waals surface area contributed by atoms with Crippen molar-refractivity contribution in [3.8, 4) is 0 Å². The summed E-state index contributed by atoms with van der Waals surface area (Å²) in [5, 5.41) is 9.50. The van der Waals surface area contributed by atoms with Gasteiger partial charge in [0.25, 0.3) is 0 Å². The van der Waals surface area contributed by atoms with E-state index in [1.54, 1.807) is 0 Å². The number of ether oxygens (including phenoxy) is 1. The molecule has 1 N–H and O–H groups in total. The highest BCUT2D eigenvalue weighted by Crippen LogP contribution is 2.35. The molecule has 0 aliphatic heterocycles.